The fraction of sp³-hybridized carbons (Fsp3) is 0.200. The predicted molar refractivity (Wildman–Crippen MR) is 86.0 cm³/mol. The van der Waals surface area contributed by atoms with E-state index >= 15 is 0 Å². The summed E-state index contributed by atoms with van der Waals surface area (Å²) in [5, 5.41) is 7.62. The molecule has 0 saturated heterocycles. The zero-order valence-corrected chi connectivity index (χ0v) is 12.3. The van der Waals surface area contributed by atoms with Crippen molar-refractivity contribution in [2.45, 2.75) is 13.8 Å². The van der Waals surface area contributed by atoms with Crippen LogP contribution in [-0.4, -0.2) is 16.5 Å². The molecule has 0 aliphatic carbocycles. The fourth-order valence-electron chi connectivity index (χ4n) is 2.03. The number of rotatable bonds is 4. The van der Waals surface area contributed by atoms with Crippen LogP contribution >= 0.6 is 11.3 Å². The third-order valence-electron chi connectivity index (χ3n) is 2.89. The molecule has 2 N–H and O–H groups in total. The first-order valence-corrected chi connectivity index (χ1v) is 7.42. The summed E-state index contributed by atoms with van der Waals surface area (Å²) in [6.07, 6.45) is 0. The number of benzene rings is 1. The lowest BCUT2D eigenvalue weighted by Crippen LogP contribution is -2.04. The maximum atomic E-state index is 4.57. The average Bonchev–Trinajstić information content (AvgIpc) is 2.81. The van der Waals surface area contributed by atoms with Gasteiger partial charge in [0.2, 0.25) is 5.95 Å². The van der Waals surface area contributed by atoms with Crippen molar-refractivity contribution in [3.05, 3.63) is 41.3 Å². The zero-order valence-electron chi connectivity index (χ0n) is 11.5. The Morgan fingerprint density at radius 3 is 2.70 bits per heavy atom. The molecule has 102 valence electrons. The van der Waals surface area contributed by atoms with Crippen molar-refractivity contribution in [2.24, 2.45) is 0 Å². The summed E-state index contributed by atoms with van der Waals surface area (Å²) in [5.41, 5.74) is 1.03. The van der Waals surface area contributed by atoms with Crippen molar-refractivity contribution in [3.8, 4) is 0 Å². The van der Waals surface area contributed by atoms with Crippen molar-refractivity contribution in [1.29, 1.82) is 0 Å². The van der Waals surface area contributed by atoms with E-state index in [9.17, 15) is 0 Å². The average molecular weight is 284 g/mol. The summed E-state index contributed by atoms with van der Waals surface area (Å²) >= 11 is 1.69. The third-order valence-corrected chi connectivity index (χ3v) is 3.83. The monoisotopic (exact) mass is 284 g/mol. The summed E-state index contributed by atoms with van der Waals surface area (Å²) in [7, 11) is 0. The highest BCUT2D eigenvalue weighted by Crippen LogP contribution is 2.31. The van der Waals surface area contributed by atoms with Gasteiger partial charge in [0.25, 0.3) is 0 Å². The molecule has 0 bridgehead atoms. The Labute approximate surface area is 121 Å². The summed E-state index contributed by atoms with van der Waals surface area (Å²) in [6.45, 7) is 4.93. The quantitative estimate of drug-likeness (QED) is 0.754. The van der Waals surface area contributed by atoms with E-state index in [1.54, 1.807) is 11.3 Å². The second-order valence-electron chi connectivity index (χ2n) is 4.49. The van der Waals surface area contributed by atoms with Crippen LogP contribution in [0.15, 0.2) is 36.4 Å². The first-order valence-electron chi connectivity index (χ1n) is 6.60. The standard InChI is InChI=1S/C15H16N4S/c1-3-16-15-18-13(17-11-7-5-4-6-8-11)12-9-10(2)20-14(12)19-15/h4-9H,3H2,1-2H3,(H2,16,17,18,19). The van der Waals surface area contributed by atoms with E-state index in [0.29, 0.717) is 5.95 Å². The Balaban J connectivity index is 2.07. The molecule has 20 heavy (non-hydrogen) atoms. The maximum Gasteiger partial charge on any atom is 0.226 e. The summed E-state index contributed by atoms with van der Waals surface area (Å²) in [5.74, 6) is 1.52. The molecule has 4 nitrogen and oxygen atoms in total. The molecular formula is C15H16N4S. The van der Waals surface area contributed by atoms with Crippen LogP contribution in [0.4, 0.5) is 17.5 Å². The van der Waals surface area contributed by atoms with Gasteiger partial charge in [-0.05, 0) is 32.0 Å². The normalized spacial score (nSPS) is 10.7. The molecule has 2 aromatic heterocycles. The number of aryl methyl sites for hydroxylation is 1. The van der Waals surface area contributed by atoms with E-state index < -0.39 is 0 Å². The van der Waals surface area contributed by atoms with E-state index in [0.717, 1.165) is 28.3 Å². The molecule has 3 rings (SSSR count). The van der Waals surface area contributed by atoms with Gasteiger partial charge in [-0.2, -0.15) is 4.98 Å². The van der Waals surface area contributed by atoms with Crippen LogP contribution in [0.5, 0.6) is 0 Å². The molecule has 0 saturated carbocycles. The number of thiophene rings is 1. The maximum absolute atomic E-state index is 4.57. The van der Waals surface area contributed by atoms with Crippen molar-refractivity contribution in [3.63, 3.8) is 0 Å². The van der Waals surface area contributed by atoms with Crippen molar-refractivity contribution in [2.75, 3.05) is 17.2 Å². The van der Waals surface area contributed by atoms with Crippen molar-refractivity contribution >= 4 is 39.0 Å². The SMILES string of the molecule is CCNc1nc(Nc2ccccc2)c2cc(C)sc2n1. The molecule has 0 spiro atoms. The molecular weight excluding hydrogens is 268 g/mol. The second kappa shape index (κ2) is 5.46. The van der Waals surface area contributed by atoms with Gasteiger partial charge in [0.15, 0.2) is 0 Å². The minimum Gasteiger partial charge on any atom is -0.354 e. The first-order chi connectivity index (χ1) is 9.76. The van der Waals surface area contributed by atoms with Gasteiger partial charge in [0, 0.05) is 17.1 Å². The van der Waals surface area contributed by atoms with Crippen LogP contribution in [0.2, 0.25) is 0 Å². The number of nitrogens with zero attached hydrogens (tertiary/aromatic N) is 2. The molecule has 0 radical (unpaired) electrons. The van der Waals surface area contributed by atoms with Gasteiger partial charge in [0.05, 0.1) is 5.39 Å². The largest absolute Gasteiger partial charge is 0.354 e. The lowest BCUT2D eigenvalue weighted by atomic mass is 10.3. The number of nitrogens with one attached hydrogen (secondary N) is 2. The van der Waals surface area contributed by atoms with E-state index in [1.165, 1.54) is 4.88 Å². The van der Waals surface area contributed by atoms with Crippen LogP contribution in [0, 0.1) is 6.92 Å². The molecule has 0 amide bonds. The molecule has 0 unspecified atom stereocenters. The van der Waals surface area contributed by atoms with Gasteiger partial charge in [-0.25, -0.2) is 4.98 Å². The van der Waals surface area contributed by atoms with Gasteiger partial charge in [0.1, 0.15) is 10.6 Å². The summed E-state index contributed by atoms with van der Waals surface area (Å²) < 4.78 is 0. The summed E-state index contributed by atoms with van der Waals surface area (Å²) in [4.78, 5) is 11.4. The Bertz CT molecular complexity index is 721. The van der Waals surface area contributed by atoms with Crippen molar-refractivity contribution < 1.29 is 0 Å². The Morgan fingerprint density at radius 1 is 1.15 bits per heavy atom. The van der Waals surface area contributed by atoms with Crippen LogP contribution in [-0.2, 0) is 0 Å². The topological polar surface area (TPSA) is 49.8 Å². The Kier molecular flexibility index (Phi) is 3.52. The van der Waals surface area contributed by atoms with E-state index in [-0.39, 0.29) is 0 Å². The number of hydrogen-bond acceptors (Lipinski definition) is 5. The number of hydrogen-bond donors (Lipinski definition) is 2. The second-order valence-corrected chi connectivity index (χ2v) is 5.73. The molecule has 0 atom stereocenters. The lowest BCUT2D eigenvalue weighted by Gasteiger charge is -2.09. The van der Waals surface area contributed by atoms with Gasteiger partial charge in [-0.1, -0.05) is 18.2 Å². The minimum atomic E-state index is 0.667. The Hall–Kier alpha value is -2.14. The zero-order chi connectivity index (χ0) is 13.9. The highest BCUT2D eigenvalue weighted by Gasteiger charge is 2.10. The minimum absolute atomic E-state index is 0.667. The number of para-hydroxylation sites is 1. The number of anilines is 3. The Morgan fingerprint density at radius 2 is 1.95 bits per heavy atom. The first kappa shape index (κ1) is 12.9. The lowest BCUT2D eigenvalue weighted by molar-refractivity contribution is 1.11. The van der Waals surface area contributed by atoms with E-state index in [4.69, 9.17) is 0 Å². The summed E-state index contributed by atoms with van der Waals surface area (Å²) in [6, 6.07) is 12.2. The highest BCUT2D eigenvalue weighted by molar-refractivity contribution is 7.18. The van der Waals surface area contributed by atoms with Crippen LogP contribution in [0.3, 0.4) is 0 Å². The number of aromatic nitrogens is 2. The van der Waals surface area contributed by atoms with Crippen LogP contribution in [0.25, 0.3) is 10.2 Å². The molecule has 1 aromatic carbocycles. The number of fused-ring (bicyclic) bond motifs is 1. The molecule has 0 aliphatic heterocycles. The van der Waals surface area contributed by atoms with Gasteiger partial charge in [-0.15, -0.1) is 11.3 Å². The highest BCUT2D eigenvalue weighted by atomic mass is 32.1. The molecule has 3 aromatic rings. The van der Waals surface area contributed by atoms with Gasteiger partial charge in [-0.3, -0.25) is 0 Å². The fourth-order valence-corrected chi connectivity index (χ4v) is 2.91. The molecule has 5 heteroatoms. The third kappa shape index (κ3) is 2.58. The molecule has 2 heterocycles. The molecule has 0 fully saturated rings. The van der Waals surface area contributed by atoms with E-state index in [2.05, 4.69) is 33.6 Å². The molecule has 0 aliphatic rings. The van der Waals surface area contributed by atoms with Gasteiger partial charge >= 0.3 is 0 Å². The van der Waals surface area contributed by atoms with E-state index in [1.807, 2.05) is 37.3 Å². The van der Waals surface area contributed by atoms with Crippen LogP contribution < -0.4 is 10.6 Å². The smallest absolute Gasteiger partial charge is 0.226 e. The van der Waals surface area contributed by atoms with Gasteiger partial charge < -0.3 is 10.6 Å². The van der Waals surface area contributed by atoms with Crippen LogP contribution in [0.1, 0.15) is 11.8 Å². The van der Waals surface area contributed by atoms with Crippen molar-refractivity contribution in [1.82, 2.24) is 9.97 Å². The predicted octanol–water partition coefficient (Wildman–Crippen LogP) is 4.18.